The van der Waals surface area contributed by atoms with Crippen LogP contribution in [0.25, 0.3) is 21.9 Å². The number of furan rings is 1. The first-order valence-corrected chi connectivity index (χ1v) is 5.63. The quantitative estimate of drug-likeness (QED) is 0.551. The zero-order chi connectivity index (χ0) is 12.7. The summed E-state index contributed by atoms with van der Waals surface area (Å²) in [6.07, 6.45) is 0. The Bertz CT molecular complexity index is 750. The first kappa shape index (κ1) is 11.0. The van der Waals surface area contributed by atoms with Crippen molar-refractivity contribution in [2.24, 2.45) is 5.09 Å². The van der Waals surface area contributed by atoms with Gasteiger partial charge in [0.15, 0.2) is 0 Å². The molecule has 0 aliphatic rings. The number of nitrogens with zero attached hydrogens (tertiary/aromatic N) is 1. The maximum absolute atomic E-state index is 10.5. The van der Waals surface area contributed by atoms with E-state index in [1.54, 1.807) is 12.1 Å². The van der Waals surface area contributed by atoms with Crippen molar-refractivity contribution in [3.63, 3.8) is 0 Å². The van der Waals surface area contributed by atoms with Crippen LogP contribution in [0.5, 0.6) is 0 Å². The number of hydrogen-bond donors (Lipinski definition) is 1. The third-order valence-electron chi connectivity index (χ3n) is 3.06. The summed E-state index contributed by atoms with van der Waals surface area (Å²) >= 11 is 0. The van der Waals surface area contributed by atoms with Crippen LogP contribution < -0.4 is 5.46 Å². The predicted molar refractivity (Wildman–Crippen MR) is 71.9 cm³/mol. The number of nitroso groups, excluding NO2 is 1. The highest BCUT2D eigenvalue weighted by molar-refractivity contribution is 6.67. The fourth-order valence-corrected chi connectivity index (χ4v) is 2.23. The molecule has 0 atom stereocenters. The van der Waals surface area contributed by atoms with Gasteiger partial charge < -0.3 is 9.44 Å². The minimum Gasteiger partial charge on any atom is -0.456 e. The number of rotatable bonds is 2. The molecule has 1 N–H and O–H groups in total. The van der Waals surface area contributed by atoms with Crippen molar-refractivity contribution >= 4 is 34.5 Å². The molecule has 0 aliphatic carbocycles. The second-order valence-corrected chi connectivity index (χ2v) is 4.30. The van der Waals surface area contributed by atoms with E-state index in [4.69, 9.17) is 4.42 Å². The summed E-state index contributed by atoms with van der Waals surface area (Å²) in [7, 11) is -1.36. The zero-order valence-corrected chi connectivity index (χ0v) is 9.75. The van der Waals surface area contributed by atoms with Crippen molar-refractivity contribution in [3.8, 4) is 0 Å². The van der Waals surface area contributed by atoms with Gasteiger partial charge in [0.1, 0.15) is 11.2 Å². The topological polar surface area (TPSA) is 62.8 Å². The second-order valence-electron chi connectivity index (χ2n) is 4.30. The maximum atomic E-state index is 10.5. The van der Waals surface area contributed by atoms with E-state index >= 15 is 0 Å². The minimum absolute atomic E-state index is 0.477. The highest BCUT2D eigenvalue weighted by Gasteiger charge is 2.22. The Morgan fingerprint density at radius 1 is 1.22 bits per heavy atom. The average Bonchev–Trinajstić information content (AvgIpc) is 2.74. The molecule has 3 aromatic rings. The van der Waals surface area contributed by atoms with Gasteiger partial charge in [-0.1, -0.05) is 29.4 Å². The van der Waals surface area contributed by atoms with E-state index in [0.29, 0.717) is 11.0 Å². The maximum Gasteiger partial charge on any atom is 0.518 e. The first-order chi connectivity index (χ1) is 8.70. The molecule has 0 saturated carbocycles. The average molecular weight is 239 g/mol. The van der Waals surface area contributed by atoms with Crippen LogP contribution in [-0.4, -0.2) is 12.1 Å². The number of aryl methyl sites for hydroxylation is 1. The van der Waals surface area contributed by atoms with Gasteiger partial charge in [0, 0.05) is 10.8 Å². The van der Waals surface area contributed by atoms with Crippen LogP contribution in [0.3, 0.4) is 0 Å². The normalized spacial score (nSPS) is 11.0. The Balaban J connectivity index is 2.45. The van der Waals surface area contributed by atoms with Gasteiger partial charge in [-0.2, -0.15) is 4.91 Å². The second kappa shape index (κ2) is 3.96. The van der Waals surface area contributed by atoms with Crippen molar-refractivity contribution < 1.29 is 9.44 Å². The summed E-state index contributed by atoms with van der Waals surface area (Å²) in [6.45, 7) is 1.98. The predicted octanol–water partition coefficient (Wildman–Crippen LogP) is 2.35. The van der Waals surface area contributed by atoms with Crippen LogP contribution in [0, 0.1) is 11.8 Å². The summed E-state index contributed by atoms with van der Waals surface area (Å²) in [6, 6.07) is 11.1. The zero-order valence-electron chi connectivity index (χ0n) is 9.75. The van der Waals surface area contributed by atoms with Crippen molar-refractivity contribution in [3.05, 3.63) is 46.9 Å². The van der Waals surface area contributed by atoms with E-state index < -0.39 is 7.05 Å². The van der Waals surface area contributed by atoms with Crippen molar-refractivity contribution in [2.75, 3.05) is 0 Å². The van der Waals surface area contributed by atoms with Gasteiger partial charge in [0.25, 0.3) is 0 Å². The lowest BCUT2D eigenvalue weighted by molar-refractivity contribution is 0.588. The highest BCUT2D eigenvalue weighted by Crippen LogP contribution is 2.28. The summed E-state index contributed by atoms with van der Waals surface area (Å²) in [4.78, 5) is 10.5. The molecule has 1 aromatic heterocycles. The van der Waals surface area contributed by atoms with Gasteiger partial charge in [-0.05, 0) is 30.1 Å². The number of hydrogen-bond acceptors (Lipinski definition) is 4. The molecular weight excluding hydrogens is 229 g/mol. The summed E-state index contributed by atoms with van der Waals surface area (Å²) in [5, 5.41) is 13.9. The fraction of sp³-hybridized carbons (Fsp3) is 0.0769. The molecule has 4 nitrogen and oxygen atoms in total. The molecule has 3 rings (SSSR count). The van der Waals surface area contributed by atoms with Crippen molar-refractivity contribution in [1.29, 1.82) is 0 Å². The molecule has 5 heteroatoms. The summed E-state index contributed by atoms with van der Waals surface area (Å²) in [5.74, 6) is 0. The standard InChI is InChI=1S/C13H10BNO3/c1-8-5-6-9-12(7-8)18-11-4-2-3-10(13(9)11)14(16)15-17/h2-7,16H,1H3. The molecule has 0 saturated heterocycles. The molecule has 2 aromatic carbocycles. The molecule has 0 unspecified atom stereocenters. The largest absolute Gasteiger partial charge is 0.518 e. The van der Waals surface area contributed by atoms with E-state index in [2.05, 4.69) is 5.09 Å². The van der Waals surface area contributed by atoms with E-state index in [9.17, 15) is 9.93 Å². The van der Waals surface area contributed by atoms with Gasteiger partial charge in [-0.25, -0.2) is 0 Å². The molecule has 0 amide bonds. The smallest absolute Gasteiger partial charge is 0.456 e. The van der Waals surface area contributed by atoms with E-state index in [1.807, 2.05) is 31.2 Å². The summed E-state index contributed by atoms with van der Waals surface area (Å²) < 4.78 is 5.71. The summed E-state index contributed by atoms with van der Waals surface area (Å²) in [5.41, 5.74) is 2.97. The highest BCUT2D eigenvalue weighted by atomic mass is 16.3. The van der Waals surface area contributed by atoms with Crippen LogP contribution in [-0.2, 0) is 0 Å². The molecule has 0 bridgehead atoms. The molecule has 88 valence electrons. The van der Waals surface area contributed by atoms with Gasteiger partial charge in [-0.3, -0.25) is 0 Å². The molecule has 0 spiro atoms. The molecular formula is C13H10BNO3. The minimum atomic E-state index is -1.36. The van der Waals surface area contributed by atoms with E-state index in [0.717, 1.165) is 21.9 Å². The molecule has 0 aliphatic heterocycles. The lowest BCUT2D eigenvalue weighted by Crippen LogP contribution is -2.28. The molecule has 0 fully saturated rings. The lowest BCUT2D eigenvalue weighted by Gasteiger charge is -1.99. The van der Waals surface area contributed by atoms with Gasteiger partial charge in [0.2, 0.25) is 0 Å². The Labute approximate surface area is 103 Å². The third kappa shape index (κ3) is 1.52. The lowest BCUT2D eigenvalue weighted by atomic mass is 9.73. The van der Waals surface area contributed by atoms with E-state index in [-0.39, 0.29) is 0 Å². The fourth-order valence-electron chi connectivity index (χ4n) is 2.23. The van der Waals surface area contributed by atoms with Crippen LogP contribution in [0.15, 0.2) is 45.9 Å². The number of fused-ring (bicyclic) bond motifs is 3. The van der Waals surface area contributed by atoms with Gasteiger partial charge in [-0.15, -0.1) is 0 Å². The molecule has 18 heavy (non-hydrogen) atoms. The SMILES string of the molecule is Cc1ccc2c(c1)oc1cccc(B(O)N=O)c12. The first-order valence-electron chi connectivity index (χ1n) is 5.63. The van der Waals surface area contributed by atoms with Crippen LogP contribution in [0.2, 0.25) is 0 Å². The Morgan fingerprint density at radius 3 is 2.83 bits per heavy atom. The van der Waals surface area contributed by atoms with E-state index in [1.165, 1.54) is 0 Å². The van der Waals surface area contributed by atoms with Crippen LogP contribution in [0.1, 0.15) is 5.56 Å². The molecule has 1 heterocycles. The molecule has 0 radical (unpaired) electrons. The number of benzene rings is 2. The monoisotopic (exact) mass is 239 g/mol. The Hall–Kier alpha value is -2.14. The Morgan fingerprint density at radius 2 is 2.06 bits per heavy atom. The Kier molecular flexibility index (Phi) is 2.42. The van der Waals surface area contributed by atoms with Crippen molar-refractivity contribution in [2.45, 2.75) is 6.92 Å². The van der Waals surface area contributed by atoms with Gasteiger partial charge in [0.05, 0.1) is 0 Å². The van der Waals surface area contributed by atoms with Crippen LogP contribution in [0.4, 0.5) is 0 Å². The van der Waals surface area contributed by atoms with Gasteiger partial charge >= 0.3 is 7.05 Å². The van der Waals surface area contributed by atoms with Crippen LogP contribution >= 0.6 is 0 Å². The van der Waals surface area contributed by atoms with Crippen molar-refractivity contribution in [1.82, 2.24) is 0 Å². The third-order valence-corrected chi connectivity index (χ3v) is 3.06.